The predicted molar refractivity (Wildman–Crippen MR) is 101 cm³/mol. The molecule has 0 amide bonds. The number of benzene rings is 1. The summed E-state index contributed by atoms with van der Waals surface area (Å²) in [4.78, 5) is 4.59. The predicted octanol–water partition coefficient (Wildman–Crippen LogP) is 5.85. The van der Waals surface area contributed by atoms with Crippen LogP contribution in [0.3, 0.4) is 0 Å². The third-order valence-corrected chi connectivity index (χ3v) is 4.35. The molecule has 0 N–H and O–H groups in total. The highest BCUT2D eigenvalue weighted by atomic mass is 35.5. The van der Waals surface area contributed by atoms with Crippen molar-refractivity contribution in [2.45, 2.75) is 34.2 Å². The minimum absolute atomic E-state index is 0. The molecule has 2 heterocycles. The Balaban J connectivity index is 0.00000208. The van der Waals surface area contributed by atoms with E-state index in [1.165, 1.54) is 34.3 Å². The number of pyridine rings is 1. The van der Waals surface area contributed by atoms with Crippen molar-refractivity contribution in [2.24, 2.45) is 0 Å². The van der Waals surface area contributed by atoms with Crippen LogP contribution in [0, 0.1) is 19.7 Å². The normalized spacial score (nSPS) is 10.5. The topological polar surface area (TPSA) is 17.8 Å². The molecule has 2 aromatic heterocycles. The van der Waals surface area contributed by atoms with Crippen LogP contribution in [0.25, 0.3) is 22.2 Å². The Hall–Kier alpha value is -2.13. The number of aromatic nitrogens is 2. The number of allylic oxidation sites excluding steroid dienone is 2. The lowest BCUT2D eigenvalue weighted by Gasteiger charge is -2.10. The minimum Gasteiger partial charge on any atom is -0.339 e. The van der Waals surface area contributed by atoms with Crippen LogP contribution >= 0.6 is 12.4 Å². The smallest absolute Gasteiger partial charge is 0.123 e. The van der Waals surface area contributed by atoms with Crippen LogP contribution in [0.5, 0.6) is 0 Å². The summed E-state index contributed by atoms with van der Waals surface area (Å²) in [5.74, 6) is -0.229. The fourth-order valence-electron chi connectivity index (χ4n) is 2.92. The van der Waals surface area contributed by atoms with Gasteiger partial charge in [0.1, 0.15) is 5.82 Å². The van der Waals surface area contributed by atoms with Crippen molar-refractivity contribution in [3.05, 3.63) is 65.3 Å². The molecule has 0 aliphatic carbocycles. The third kappa shape index (κ3) is 3.22. The maximum atomic E-state index is 13.2. The highest BCUT2D eigenvalue weighted by Crippen LogP contribution is 2.32. The lowest BCUT2D eigenvalue weighted by molar-refractivity contribution is 0.628. The SMILES string of the molecule is CC(C)=CCn1c(C)c(C)c2ccnc(-c3ccc(F)cc3)c21.Cl. The van der Waals surface area contributed by atoms with E-state index in [9.17, 15) is 4.39 Å². The molecule has 0 fully saturated rings. The van der Waals surface area contributed by atoms with Gasteiger partial charge in [0.2, 0.25) is 0 Å². The number of fused-ring (bicyclic) bond motifs is 1. The standard InChI is InChI=1S/C20H21FN2.ClH/c1-13(2)10-12-23-15(4)14(3)18-9-11-22-19(20(18)23)16-5-7-17(21)8-6-16;/h5-11H,12H2,1-4H3;1H. The van der Waals surface area contributed by atoms with Crippen molar-refractivity contribution in [3.63, 3.8) is 0 Å². The van der Waals surface area contributed by atoms with Crippen LogP contribution in [-0.2, 0) is 6.54 Å². The fourth-order valence-corrected chi connectivity index (χ4v) is 2.92. The Kier molecular flexibility index (Phi) is 5.45. The van der Waals surface area contributed by atoms with Crippen LogP contribution in [0.1, 0.15) is 25.1 Å². The minimum atomic E-state index is -0.229. The largest absolute Gasteiger partial charge is 0.339 e. The molecule has 1 aromatic carbocycles. The molecule has 3 rings (SSSR count). The molecule has 4 heteroatoms. The van der Waals surface area contributed by atoms with E-state index in [2.05, 4.69) is 49.4 Å². The first kappa shape index (κ1) is 18.2. The van der Waals surface area contributed by atoms with Gasteiger partial charge in [-0.05, 0) is 63.6 Å². The van der Waals surface area contributed by atoms with E-state index in [0.717, 1.165) is 23.3 Å². The Morgan fingerprint density at radius 1 is 1.12 bits per heavy atom. The van der Waals surface area contributed by atoms with Gasteiger partial charge in [-0.3, -0.25) is 4.98 Å². The summed E-state index contributed by atoms with van der Waals surface area (Å²) in [5.41, 5.74) is 6.76. The van der Waals surface area contributed by atoms with Crippen LogP contribution in [0.15, 0.2) is 48.2 Å². The second-order valence-corrected chi connectivity index (χ2v) is 6.17. The van der Waals surface area contributed by atoms with E-state index in [0.29, 0.717) is 0 Å². The Morgan fingerprint density at radius 3 is 2.42 bits per heavy atom. The first-order valence-electron chi connectivity index (χ1n) is 7.82. The third-order valence-electron chi connectivity index (χ3n) is 4.35. The zero-order valence-electron chi connectivity index (χ0n) is 14.4. The molecule has 0 radical (unpaired) electrons. The van der Waals surface area contributed by atoms with Crippen LogP contribution in [0.4, 0.5) is 4.39 Å². The Bertz CT molecular complexity index is 888. The second kappa shape index (κ2) is 7.18. The van der Waals surface area contributed by atoms with Crippen molar-refractivity contribution < 1.29 is 4.39 Å². The summed E-state index contributed by atoms with van der Waals surface area (Å²) in [5, 5.41) is 1.21. The monoisotopic (exact) mass is 344 g/mol. The van der Waals surface area contributed by atoms with Gasteiger partial charge in [-0.25, -0.2) is 4.39 Å². The molecule has 2 nitrogen and oxygen atoms in total. The van der Waals surface area contributed by atoms with E-state index >= 15 is 0 Å². The molecule has 0 saturated heterocycles. The fraction of sp³-hybridized carbons (Fsp3) is 0.250. The van der Waals surface area contributed by atoms with Crippen molar-refractivity contribution in [1.82, 2.24) is 9.55 Å². The lowest BCUT2D eigenvalue weighted by atomic mass is 10.1. The van der Waals surface area contributed by atoms with Gasteiger partial charge in [-0.15, -0.1) is 12.4 Å². The van der Waals surface area contributed by atoms with Gasteiger partial charge < -0.3 is 4.57 Å². The van der Waals surface area contributed by atoms with Crippen molar-refractivity contribution >= 4 is 23.3 Å². The summed E-state index contributed by atoms with van der Waals surface area (Å²) >= 11 is 0. The second-order valence-electron chi connectivity index (χ2n) is 6.17. The number of hydrogen-bond acceptors (Lipinski definition) is 1. The molecular weight excluding hydrogens is 323 g/mol. The molecule has 0 spiro atoms. The highest BCUT2D eigenvalue weighted by Gasteiger charge is 2.15. The van der Waals surface area contributed by atoms with E-state index in [1.54, 1.807) is 12.1 Å². The van der Waals surface area contributed by atoms with Crippen molar-refractivity contribution in [3.8, 4) is 11.3 Å². The zero-order valence-corrected chi connectivity index (χ0v) is 15.2. The lowest BCUT2D eigenvalue weighted by Crippen LogP contribution is -2.00. The van der Waals surface area contributed by atoms with Crippen molar-refractivity contribution in [1.29, 1.82) is 0 Å². The average Bonchev–Trinajstić information content (AvgIpc) is 2.78. The highest BCUT2D eigenvalue weighted by molar-refractivity contribution is 5.95. The number of rotatable bonds is 3. The zero-order chi connectivity index (χ0) is 16.6. The maximum Gasteiger partial charge on any atom is 0.123 e. The van der Waals surface area contributed by atoms with E-state index in [-0.39, 0.29) is 18.2 Å². The Morgan fingerprint density at radius 2 is 1.79 bits per heavy atom. The van der Waals surface area contributed by atoms with Crippen molar-refractivity contribution in [2.75, 3.05) is 0 Å². The quantitative estimate of drug-likeness (QED) is 0.545. The van der Waals surface area contributed by atoms with Crippen LogP contribution < -0.4 is 0 Å². The van der Waals surface area contributed by atoms with Gasteiger partial charge in [0.05, 0.1) is 11.2 Å². The molecule has 0 bridgehead atoms. The molecule has 0 saturated carbocycles. The van der Waals surface area contributed by atoms with Gasteiger partial charge in [0, 0.05) is 29.4 Å². The number of halogens is 2. The van der Waals surface area contributed by atoms with Gasteiger partial charge in [0.15, 0.2) is 0 Å². The van der Waals surface area contributed by atoms with E-state index < -0.39 is 0 Å². The van der Waals surface area contributed by atoms with Crippen LogP contribution in [-0.4, -0.2) is 9.55 Å². The number of nitrogens with zero attached hydrogens (tertiary/aromatic N) is 2. The Labute approximate surface area is 148 Å². The summed E-state index contributed by atoms with van der Waals surface area (Å²) in [7, 11) is 0. The molecule has 24 heavy (non-hydrogen) atoms. The maximum absolute atomic E-state index is 13.2. The van der Waals surface area contributed by atoms with Gasteiger partial charge in [-0.2, -0.15) is 0 Å². The van der Waals surface area contributed by atoms with E-state index in [4.69, 9.17) is 0 Å². The molecular formula is C20H22ClFN2. The first-order valence-corrected chi connectivity index (χ1v) is 7.82. The summed E-state index contributed by atoms with van der Waals surface area (Å²) < 4.78 is 15.5. The summed E-state index contributed by atoms with van der Waals surface area (Å²) in [6.07, 6.45) is 4.05. The molecule has 0 aliphatic rings. The van der Waals surface area contributed by atoms with E-state index in [1.807, 2.05) is 6.20 Å². The first-order chi connectivity index (χ1) is 11.0. The van der Waals surface area contributed by atoms with Gasteiger partial charge in [-0.1, -0.05) is 11.6 Å². The molecule has 3 aromatic rings. The molecule has 0 atom stereocenters. The number of hydrogen-bond donors (Lipinski definition) is 0. The molecule has 0 aliphatic heterocycles. The summed E-state index contributed by atoms with van der Waals surface area (Å²) in [6, 6.07) is 8.61. The van der Waals surface area contributed by atoms with Crippen LogP contribution in [0.2, 0.25) is 0 Å². The number of aryl methyl sites for hydroxylation is 1. The van der Waals surface area contributed by atoms with Gasteiger partial charge >= 0.3 is 0 Å². The average molecular weight is 345 g/mol. The summed E-state index contributed by atoms with van der Waals surface area (Å²) in [6.45, 7) is 9.31. The molecule has 0 unspecified atom stereocenters. The molecule has 126 valence electrons. The van der Waals surface area contributed by atoms with Gasteiger partial charge in [0.25, 0.3) is 0 Å².